The molecule has 238 valence electrons. The molecule has 11 aromatic rings. The number of hydrogen-bond donors (Lipinski definition) is 0. The smallest absolute Gasteiger partial charge is 0.0640 e. The summed E-state index contributed by atoms with van der Waals surface area (Å²) in [5.41, 5.74) is 11.2. The summed E-state index contributed by atoms with van der Waals surface area (Å²) in [5.74, 6) is 0. The Kier molecular flexibility index (Phi) is 6.36. The summed E-state index contributed by atoms with van der Waals surface area (Å²) in [6.07, 6.45) is 0. The van der Waals surface area contributed by atoms with Gasteiger partial charge < -0.3 is 4.57 Å². The van der Waals surface area contributed by atoms with Crippen LogP contribution in [0.25, 0.3) is 101 Å². The van der Waals surface area contributed by atoms with Crippen molar-refractivity contribution >= 4 is 84.8 Å². The Morgan fingerprint density at radius 2 is 0.882 bits per heavy atom. The molecule has 3 heterocycles. The van der Waals surface area contributed by atoms with Gasteiger partial charge >= 0.3 is 0 Å². The van der Waals surface area contributed by atoms with Crippen LogP contribution in [0.15, 0.2) is 176 Å². The van der Waals surface area contributed by atoms with Gasteiger partial charge in [0.1, 0.15) is 0 Å². The maximum absolute atomic E-state index is 2.50. The van der Waals surface area contributed by atoms with Gasteiger partial charge in [-0.25, -0.2) is 0 Å². The van der Waals surface area contributed by atoms with Crippen LogP contribution in [0.1, 0.15) is 0 Å². The van der Waals surface area contributed by atoms with Gasteiger partial charge in [0.25, 0.3) is 0 Å². The average Bonchev–Trinajstić information content (AvgIpc) is 3.88. The minimum absolute atomic E-state index is 1.22. The number of aromatic nitrogens is 1. The van der Waals surface area contributed by atoms with E-state index in [-0.39, 0.29) is 0 Å². The molecule has 0 spiro atoms. The summed E-state index contributed by atoms with van der Waals surface area (Å²) in [6.45, 7) is 0. The highest BCUT2D eigenvalue weighted by Gasteiger charge is 2.20. The predicted octanol–water partition coefficient (Wildman–Crippen LogP) is 14.5. The summed E-state index contributed by atoms with van der Waals surface area (Å²) in [7, 11) is 0. The Bertz CT molecular complexity index is 3030. The zero-order valence-electron chi connectivity index (χ0n) is 27.5. The van der Waals surface area contributed by atoms with Gasteiger partial charge in [-0.2, -0.15) is 0 Å². The van der Waals surface area contributed by atoms with E-state index in [1.165, 1.54) is 101 Å². The Morgan fingerprint density at radius 1 is 0.333 bits per heavy atom. The molecule has 1 nitrogen and oxygen atoms in total. The van der Waals surface area contributed by atoms with E-state index in [1.807, 2.05) is 22.7 Å². The quantitative estimate of drug-likeness (QED) is 0.174. The summed E-state index contributed by atoms with van der Waals surface area (Å²) in [4.78, 5) is 0. The van der Waals surface area contributed by atoms with Crippen molar-refractivity contribution in [3.05, 3.63) is 176 Å². The lowest BCUT2D eigenvalue weighted by Crippen LogP contribution is -1.94. The molecule has 8 aromatic carbocycles. The predicted molar refractivity (Wildman–Crippen MR) is 223 cm³/mol. The van der Waals surface area contributed by atoms with Crippen molar-refractivity contribution in [2.24, 2.45) is 0 Å². The number of benzene rings is 8. The van der Waals surface area contributed by atoms with Crippen LogP contribution in [-0.4, -0.2) is 4.57 Å². The second-order valence-electron chi connectivity index (χ2n) is 13.2. The van der Waals surface area contributed by atoms with E-state index in [0.717, 1.165) is 0 Å². The molecule has 51 heavy (non-hydrogen) atoms. The van der Waals surface area contributed by atoms with E-state index in [0.29, 0.717) is 0 Å². The van der Waals surface area contributed by atoms with Gasteiger partial charge in [-0.3, -0.25) is 0 Å². The molecule has 0 amide bonds. The van der Waals surface area contributed by atoms with Gasteiger partial charge in [0, 0.05) is 52.0 Å². The highest BCUT2D eigenvalue weighted by Crippen LogP contribution is 2.47. The van der Waals surface area contributed by atoms with Crippen LogP contribution in [0.4, 0.5) is 0 Å². The normalized spacial score (nSPS) is 11.9. The molecule has 0 aliphatic heterocycles. The summed E-state index contributed by atoms with van der Waals surface area (Å²) in [6, 6.07) is 64.7. The molecular formula is C48H29NS2. The zero-order valence-corrected chi connectivity index (χ0v) is 29.1. The van der Waals surface area contributed by atoms with Crippen molar-refractivity contribution in [3.8, 4) is 39.1 Å². The average molecular weight is 684 g/mol. The van der Waals surface area contributed by atoms with Crippen LogP contribution >= 0.6 is 22.7 Å². The van der Waals surface area contributed by atoms with Gasteiger partial charge in [-0.05, 0) is 70.3 Å². The third-order valence-corrected chi connectivity index (χ3v) is 12.8. The van der Waals surface area contributed by atoms with Gasteiger partial charge in [0.2, 0.25) is 0 Å². The lowest BCUT2D eigenvalue weighted by molar-refractivity contribution is 1.20. The van der Waals surface area contributed by atoms with Crippen molar-refractivity contribution in [3.63, 3.8) is 0 Å². The van der Waals surface area contributed by atoms with Crippen LogP contribution in [0.5, 0.6) is 0 Å². The van der Waals surface area contributed by atoms with E-state index in [9.17, 15) is 0 Å². The Balaban J connectivity index is 1.18. The van der Waals surface area contributed by atoms with Crippen molar-refractivity contribution in [2.45, 2.75) is 0 Å². The van der Waals surface area contributed by atoms with Gasteiger partial charge in [0.15, 0.2) is 0 Å². The first kappa shape index (κ1) is 28.8. The Hall–Kier alpha value is -6.00. The fourth-order valence-electron chi connectivity index (χ4n) is 8.10. The highest BCUT2D eigenvalue weighted by molar-refractivity contribution is 7.27. The standard InChI is InChI=1S/C48H29NS2/c1-3-12-30(13-4-1)32-24-26-41-39(28-32)40-29-33(31-14-5-2-6-15-31)25-27-42(40)49(41)43-21-10-20-38-46-35(17-11-23-45(46)51-48(38)43)37-19-9-18-36-34-16-7-8-22-44(34)50-47(36)37/h1-29H. The molecule has 0 radical (unpaired) electrons. The third-order valence-electron chi connectivity index (χ3n) is 10.4. The molecule has 0 bridgehead atoms. The van der Waals surface area contributed by atoms with Gasteiger partial charge in [0.05, 0.1) is 21.4 Å². The van der Waals surface area contributed by atoms with Crippen molar-refractivity contribution in [1.82, 2.24) is 4.57 Å². The van der Waals surface area contributed by atoms with Gasteiger partial charge in [-0.1, -0.05) is 133 Å². The second kappa shape index (κ2) is 11.3. The van der Waals surface area contributed by atoms with E-state index < -0.39 is 0 Å². The van der Waals surface area contributed by atoms with Crippen LogP contribution in [-0.2, 0) is 0 Å². The first-order chi connectivity index (χ1) is 25.3. The number of hydrogen-bond acceptors (Lipinski definition) is 2. The minimum Gasteiger partial charge on any atom is -0.308 e. The molecule has 0 saturated carbocycles. The first-order valence-electron chi connectivity index (χ1n) is 17.3. The minimum atomic E-state index is 1.22. The largest absolute Gasteiger partial charge is 0.308 e. The molecule has 0 atom stereocenters. The number of thiophene rings is 2. The van der Waals surface area contributed by atoms with Crippen molar-refractivity contribution < 1.29 is 0 Å². The molecule has 0 fully saturated rings. The summed E-state index contributed by atoms with van der Waals surface area (Å²) >= 11 is 3.81. The monoisotopic (exact) mass is 683 g/mol. The van der Waals surface area contributed by atoms with Crippen molar-refractivity contribution in [2.75, 3.05) is 0 Å². The van der Waals surface area contributed by atoms with Crippen molar-refractivity contribution in [1.29, 1.82) is 0 Å². The van der Waals surface area contributed by atoms with Gasteiger partial charge in [-0.15, -0.1) is 22.7 Å². The lowest BCUT2D eigenvalue weighted by Gasteiger charge is -2.11. The Labute approximate surface area is 302 Å². The Morgan fingerprint density at radius 3 is 1.61 bits per heavy atom. The maximum atomic E-state index is 2.50. The summed E-state index contributed by atoms with van der Waals surface area (Å²) in [5, 5.41) is 7.83. The number of rotatable bonds is 4. The van der Waals surface area contributed by atoms with Crippen LogP contribution in [0, 0.1) is 0 Å². The number of fused-ring (bicyclic) bond motifs is 9. The second-order valence-corrected chi connectivity index (χ2v) is 15.4. The molecule has 3 heteroatoms. The van der Waals surface area contributed by atoms with E-state index in [2.05, 4.69) is 180 Å². The number of nitrogens with zero attached hydrogens (tertiary/aromatic N) is 1. The first-order valence-corrected chi connectivity index (χ1v) is 19.0. The topological polar surface area (TPSA) is 4.93 Å². The molecular weight excluding hydrogens is 655 g/mol. The molecule has 11 rings (SSSR count). The molecule has 0 N–H and O–H groups in total. The van der Waals surface area contributed by atoms with E-state index >= 15 is 0 Å². The lowest BCUT2D eigenvalue weighted by atomic mass is 9.98. The van der Waals surface area contributed by atoms with Crippen LogP contribution in [0.3, 0.4) is 0 Å². The fraction of sp³-hybridized carbons (Fsp3) is 0. The zero-order chi connectivity index (χ0) is 33.5. The molecule has 0 unspecified atom stereocenters. The molecule has 0 aliphatic carbocycles. The van der Waals surface area contributed by atoms with E-state index in [1.54, 1.807) is 0 Å². The van der Waals surface area contributed by atoms with E-state index in [4.69, 9.17) is 0 Å². The maximum Gasteiger partial charge on any atom is 0.0640 e. The third kappa shape index (κ3) is 4.39. The highest BCUT2D eigenvalue weighted by atomic mass is 32.1. The molecule has 3 aromatic heterocycles. The molecule has 0 saturated heterocycles. The summed E-state index contributed by atoms with van der Waals surface area (Å²) < 4.78 is 7.81. The van der Waals surface area contributed by atoms with Crippen LogP contribution < -0.4 is 0 Å². The fourth-order valence-corrected chi connectivity index (χ4v) is 10.6. The molecule has 0 aliphatic rings. The SMILES string of the molecule is c1ccc(-c2ccc3c(c2)c2cc(-c4ccccc4)ccc2n3-c2cccc3c2sc2cccc(-c4cccc5c4sc4ccccc45)c23)cc1. The van der Waals surface area contributed by atoms with Crippen LogP contribution in [0.2, 0.25) is 0 Å².